The summed E-state index contributed by atoms with van der Waals surface area (Å²) >= 11 is 7.79. The summed E-state index contributed by atoms with van der Waals surface area (Å²) in [5.41, 5.74) is 3.84. The molecule has 34 heavy (non-hydrogen) atoms. The zero-order chi connectivity index (χ0) is 23.5. The van der Waals surface area contributed by atoms with Gasteiger partial charge in [-0.15, -0.1) is 5.10 Å². The van der Waals surface area contributed by atoms with Crippen LogP contribution in [0.5, 0.6) is 0 Å². The van der Waals surface area contributed by atoms with E-state index in [0.717, 1.165) is 16.8 Å². The number of nitrogens with zero attached hydrogens (tertiary/aromatic N) is 4. The molecule has 1 aliphatic rings. The Morgan fingerprint density at radius 2 is 1.91 bits per heavy atom. The molecule has 7 nitrogen and oxygen atoms in total. The topological polar surface area (TPSA) is 84.7 Å². The van der Waals surface area contributed by atoms with Crippen molar-refractivity contribution in [3.05, 3.63) is 107 Å². The van der Waals surface area contributed by atoms with Crippen LogP contribution in [0.1, 0.15) is 24.1 Å². The van der Waals surface area contributed by atoms with Crippen LogP contribution in [0.2, 0.25) is 5.02 Å². The molecule has 3 heterocycles. The quantitative estimate of drug-likeness (QED) is 0.346. The number of halogens is 1. The Hall–Kier alpha value is -3.62. The van der Waals surface area contributed by atoms with E-state index in [-0.39, 0.29) is 5.91 Å². The molecule has 0 fully saturated rings. The lowest BCUT2D eigenvalue weighted by Gasteiger charge is -2.28. The molecule has 2 N–H and O–H groups in total. The van der Waals surface area contributed by atoms with Crippen LogP contribution in [0.4, 0.5) is 11.6 Å². The van der Waals surface area contributed by atoms with Crippen molar-refractivity contribution < 1.29 is 4.79 Å². The number of carbonyl (C=O) groups excluding carboxylic acids is 1. The van der Waals surface area contributed by atoms with Gasteiger partial charge >= 0.3 is 0 Å². The molecule has 4 aromatic rings. The predicted octanol–water partition coefficient (Wildman–Crippen LogP) is 5.55. The normalized spacial score (nSPS) is 14.9. The van der Waals surface area contributed by atoms with E-state index in [9.17, 15) is 4.79 Å². The molecule has 2 aromatic heterocycles. The number of nitrogens with one attached hydrogen (secondary N) is 2. The zero-order valence-corrected chi connectivity index (χ0v) is 19.8. The summed E-state index contributed by atoms with van der Waals surface area (Å²) < 4.78 is 1.75. The Morgan fingerprint density at radius 1 is 1.12 bits per heavy atom. The highest BCUT2D eigenvalue weighted by Gasteiger charge is 2.34. The molecule has 0 radical (unpaired) electrons. The molecule has 2 aromatic carbocycles. The Morgan fingerprint density at radius 3 is 2.68 bits per heavy atom. The summed E-state index contributed by atoms with van der Waals surface area (Å²) in [7, 11) is 0. The molecule has 0 unspecified atom stereocenters. The van der Waals surface area contributed by atoms with E-state index in [1.54, 1.807) is 17.1 Å². The third-order valence-corrected chi connectivity index (χ3v) is 6.68. The van der Waals surface area contributed by atoms with Gasteiger partial charge in [0.1, 0.15) is 6.04 Å². The fraction of sp³-hybridized carbons (Fsp3) is 0.120. The Bertz CT molecular complexity index is 1360. The minimum atomic E-state index is -0.476. The lowest BCUT2D eigenvalue weighted by Crippen LogP contribution is -2.31. The molecule has 1 amide bonds. The second-order valence-electron chi connectivity index (χ2n) is 7.72. The van der Waals surface area contributed by atoms with Gasteiger partial charge < -0.3 is 10.6 Å². The van der Waals surface area contributed by atoms with E-state index in [1.165, 1.54) is 11.8 Å². The average molecular weight is 489 g/mol. The van der Waals surface area contributed by atoms with Crippen molar-refractivity contribution in [3.63, 3.8) is 0 Å². The van der Waals surface area contributed by atoms with Gasteiger partial charge in [-0.25, -0.2) is 4.68 Å². The number of carbonyl (C=O) groups is 1. The Kier molecular flexibility index (Phi) is 6.33. The van der Waals surface area contributed by atoms with Crippen LogP contribution >= 0.6 is 23.4 Å². The van der Waals surface area contributed by atoms with Crippen molar-refractivity contribution in [1.29, 1.82) is 0 Å². The molecule has 0 saturated heterocycles. The van der Waals surface area contributed by atoms with Crippen molar-refractivity contribution in [2.45, 2.75) is 23.9 Å². The van der Waals surface area contributed by atoms with Crippen LogP contribution in [0.25, 0.3) is 0 Å². The minimum Gasteiger partial charge on any atom is -0.328 e. The first-order chi connectivity index (χ1) is 16.6. The van der Waals surface area contributed by atoms with Crippen LogP contribution in [-0.2, 0) is 10.5 Å². The fourth-order valence-electron chi connectivity index (χ4n) is 3.81. The third kappa shape index (κ3) is 4.55. The second-order valence-corrected chi connectivity index (χ2v) is 9.07. The number of anilines is 2. The number of amides is 1. The summed E-state index contributed by atoms with van der Waals surface area (Å²) in [6.45, 7) is 1.87. The summed E-state index contributed by atoms with van der Waals surface area (Å²) in [5.74, 6) is 0.995. The number of hydrogen-bond donors (Lipinski definition) is 2. The number of benzene rings is 2. The van der Waals surface area contributed by atoms with Crippen LogP contribution in [0.3, 0.4) is 0 Å². The minimum absolute atomic E-state index is 0.212. The SMILES string of the molecule is CC1=C(C(=O)Nc2ccccc2)[C@@H](c2cccnc2)n2nc(SCc3ccccc3Cl)nc2N1. The van der Waals surface area contributed by atoms with Crippen LogP contribution in [0.15, 0.2) is 95.6 Å². The number of thioether (sulfide) groups is 1. The van der Waals surface area contributed by atoms with Gasteiger partial charge in [-0.05, 0) is 42.3 Å². The average Bonchev–Trinajstić information content (AvgIpc) is 3.26. The molecule has 9 heteroatoms. The highest BCUT2D eigenvalue weighted by Crippen LogP contribution is 2.37. The predicted molar refractivity (Wildman–Crippen MR) is 135 cm³/mol. The number of pyridine rings is 1. The maximum absolute atomic E-state index is 13.4. The number of allylic oxidation sites excluding steroid dienone is 1. The van der Waals surface area contributed by atoms with Gasteiger partial charge in [0.15, 0.2) is 0 Å². The molecule has 1 atom stereocenters. The van der Waals surface area contributed by atoms with Crippen LogP contribution < -0.4 is 10.6 Å². The lowest BCUT2D eigenvalue weighted by atomic mass is 9.96. The molecule has 0 bridgehead atoms. The molecule has 5 rings (SSSR count). The largest absolute Gasteiger partial charge is 0.328 e. The number of para-hydroxylation sites is 1. The van der Waals surface area contributed by atoms with Gasteiger partial charge in [0.05, 0.1) is 5.57 Å². The standard InChI is InChI=1S/C25H21ClN6OS/c1-16-21(23(33)29-19-10-3-2-4-11-19)22(17-9-7-13-27-14-17)32-24(28-16)30-25(31-32)34-15-18-8-5-6-12-20(18)26/h2-14,22H,15H2,1H3,(H,29,33)(H,28,30,31)/t22-/m1/s1. The van der Waals surface area contributed by atoms with E-state index >= 15 is 0 Å². The third-order valence-electron chi connectivity index (χ3n) is 5.42. The zero-order valence-electron chi connectivity index (χ0n) is 18.3. The lowest BCUT2D eigenvalue weighted by molar-refractivity contribution is -0.113. The maximum atomic E-state index is 13.4. The Labute approximate surface area is 206 Å². The maximum Gasteiger partial charge on any atom is 0.255 e. The van der Waals surface area contributed by atoms with Crippen LogP contribution in [-0.4, -0.2) is 25.7 Å². The summed E-state index contributed by atoms with van der Waals surface area (Å²) in [4.78, 5) is 22.4. The van der Waals surface area contributed by atoms with Gasteiger partial charge in [0, 0.05) is 34.6 Å². The highest BCUT2D eigenvalue weighted by molar-refractivity contribution is 7.98. The number of aromatic nitrogens is 4. The van der Waals surface area contributed by atoms with E-state index in [1.807, 2.05) is 73.7 Å². The summed E-state index contributed by atoms with van der Waals surface area (Å²) in [6, 6.07) is 20.4. The Balaban J connectivity index is 1.48. The number of hydrogen-bond acceptors (Lipinski definition) is 6. The fourth-order valence-corrected chi connectivity index (χ4v) is 4.93. The first-order valence-electron chi connectivity index (χ1n) is 10.7. The van der Waals surface area contributed by atoms with Crippen LogP contribution in [0, 0.1) is 0 Å². The molecule has 0 saturated carbocycles. The molecule has 0 spiro atoms. The molecular formula is C25H21ClN6OS. The van der Waals surface area contributed by atoms with Gasteiger partial charge in [0.2, 0.25) is 11.1 Å². The van der Waals surface area contributed by atoms with Gasteiger partial charge in [-0.3, -0.25) is 9.78 Å². The smallest absolute Gasteiger partial charge is 0.255 e. The highest BCUT2D eigenvalue weighted by atomic mass is 35.5. The number of fused-ring (bicyclic) bond motifs is 1. The first kappa shape index (κ1) is 22.2. The van der Waals surface area contributed by atoms with Gasteiger partial charge in [0.25, 0.3) is 5.91 Å². The van der Waals surface area contributed by atoms with Crippen molar-refractivity contribution >= 4 is 40.9 Å². The second kappa shape index (κ2) is 9.70. The van der Waals surface area contributed by atoms with Gasteiger partial charge in [-0.1, -0.05) is 65.8 Å². The van der Waals surface area contributed by atoms with Crippen molar-refractivity contribution in [2.24, 2.45) is 0 Å². The van der Waals surface area contributed by atoms with E-state index in [0.29, 0.717) is 33.2 Å². The van der Waals surface area contributed by atoms with Gasteiger partial charge in [-0.2, -0.15) is 4.98 Å². The molecular weight excluding hydrogens is 468 g/mol. The van der Waals surface area contributed by atoms with E-state index in [2.05, 4.69) is 20.6 Å². The monoisotopic (exact) mass is 488 g/mol. The number of rotatable bonds is 6. The molecule has 170 valence electrons. The van der Waals surface area contributed by atoms with E-state index < -0.39 is 6.04 Å². The molecule has 0 aliphatic carbocycles. The molecule has 1 aliphatic heterocycles. The van der Waals surface area contributed by atoms with E-state index in [4.69, 9.17) is 16.7 Å². The summed E-state index contributed by atoms with van der Waals surface area (Å²) in [6.07, 6.45) is 3.46. The summed E-state index contributed by atoms with van der Waals surface area (Å²) in [5, 5.41) is 12.3. The first-order valence-corrected chi connectivity index (χ1v) is 12.0. The van der Waals surface area contributed by atoms with Crippen molar-refractivity contribution in [2.75, 3.05) is 10.6 Å². The van der Waals surface area contributed by atoms with Crippen molar-refractivity contribution in [1.82, 2.24) is 19.7 Å². The van der Waals surface area contributed by atoms with Crippen molar-refractivity contribution in [3.8, 4) is 0 Å².